The van der Waals surface area contributed by atoms with Crippen molar-refractivity contribution in [3.63, 3.8) is 0 Å². The summed E-state index contributed by atoms with van der Waals surface area (Å²) in [5.74, 6) is 0.366. The van der Waals surface area contributed by atoms with Crippen LogP contribution in [0.15, 0.2) is 36.5 Å². The molecule has 2 aromatic rings. The predicted octanol–water partition coefficient (Wildman–Crippen LogP) is 1.52. The van der Waals surface area contributed by atoms with Crippen molar-refractivity contribution < 1.29 is 8.42 Å². The fraction of sp³-hybridized carbons (Fsp3) is 0.467. The number of likely N-dealkylation sites (N-methyl/N-ethyl adjacent to an activating group) is 1. The minimum absolute atomic E-state index is 0.366. The van der Waals surface area contributed by atoms with Gasteiger partial charge in [-0.3, -0.25) is 4.68 Å². The maximum atomic E-state index is 11.3. The van der Waals surface area contributed by atoms with Crippen LogP contribution < -0.4 is 0 Å². The Balaban J connectivity index is 1.92. The maximum absolute atomic E-state index is 11.3. The molecule has 2 rings (SSSR count). The van der Waals surface area contributed by atoms with E-state index in [1.807, 2.05) is 24.4 Å². The third-order valence-corrected chi connectivity index (χ3v) is 5.00. The van der Waals surface area contributed by atoms with Gasteiger partial charge in [-0.25, -0.2) is 12.7 Å². The molecular formula is C15H22N4O2S. The summed E-state index contributed by atoms with van der Waals surface area (Å²) in [4.78, 5) is 0. The highest BCUT2D eigenvalue weighted by Gasteiger charge is 2.12. The number of nitrogens with zero attached hydrogens (tertiary/aromatic N) is 4. The summed E-state index contributed by atoms with van der Waals surface area (Å²) >= 11 is 0. The van der Waals surface area contributed by atoms with Crippen LogP contribution >= 0.6 is 0 Å². The Kier molecular flexibility index (Phi) is 5.31. The molecule has 1 aromatic carbocycles. The van der Waals surface area contributed by atoms with Crippen molar-refractivity contribution in [3.8, 4) is 0 Å². The molecule has 1 atom stereocenters. The van der Waals surface area contributed by atoms with Crippen molar-refractivity contribution in [1.82, 2.24) is 19.3 Å². The van der Waals surface area contributed by atoms with Gasteiger partial charge in [-0.2, -0.15) is 0 Å². The van der Waals surface area contributed by atoms with Crippen molar-refractivity contribution in [2.75, 3.05) is 19.8 Å². The van der Waals surface area contributed by atoms with Crippen LogP contribution in [0.2, 0.25) is 0 Å². The molecule has 0 radical (unpaired) electrons. The molecule has 120 valence electrons. The number of hydrogen-bond acceptors (Lipinski definition) is 4. The van der Waals surface area contributed by atoms with E-state index in [4.69, 9.17) is 0 Å². The molecule has 22 heavy (non-hydrogen) atoms. The Hall–Kier alpha value is -1.73. The van der Waals surface area contributed by atoms with Crippen molar-refractivity contribution in [2.45, 2.75) is 25.8 Å². The molecule has 0 unspecified atom stereocenters. The van der Waals surface area contributed by atoms with E-state index >= 15 is 0 Å². The first-order chi connectivity index (χ1) is 10.4. The molecule has 1 heterocycles. The molecule has 6 nitrogen and oxygen atoms in total. The molecule has 0 fully saturated rings. The summed E-state index contributed by atoms with van der Waals surface area (Å²) in [6.07, 6.45) is 3.89. The van der Waals surface area contributed by atoms with Crippen LogP contribution in [0, 0.1) is 0 Å². The van der Waals surface area contributed by atoms with E-state index in [0.29, 0.717) is 19.0 Å². The first-order valence-electron chi connectivity index (χ1n) is 7.21. The lowest BCUT2D eigenvalue weighted by molar-refractivity contribution is 0.432. The Morgan fingerprint density at radius 2 is 1.95 bits per heavy atom. The molecule has 0 amide bonds. The third-order valence-electron chi connectivity index (χ3n) is 3.68. The van der Waals surface area contributed by atoms with Gasteiger partial charge in [0.25, 0.3) is 0 Å². The molecule has 0 bridgehead atoms. The van der Waals surface area contributed by atoms with Crippen molar-refractivity contribution in [2.24, 2.45) is 0 Å². The van der Waals surface area contributed by atoms with E-state index in [9.17, 15) is 8.42 Å². The normalized spacial score (nSPS) is 13.5. The second kappa shape index (κ2) is 7.02. The summed E-state index contributed by atoms with van der Waals surface area (Å²) < 4.78 is 25.7. The van der Waals surface area contributed by atoms with E-state index in [1.165, 1.54) is 16.1 Å². The molecular weight excluding hydrogens is 300 g/mol. The second-order valence-corrected chi connectivity index (χ2v) is 7.66. The van der Waals surface area contributed by atoms with Crippen LogP contribution in [0.3, 0.4) is 0 Å². The van der Waals surface area contributed by atoms with Gasteiger partial charge in [0.2, 0.25) is 10.0 Å². The van der Waals surface area contributed by atoms with Crippen LogP contribution in [-0.2, 0) is 23.0 Å². The summed E-state index contributed by atoms with van der Waals surface area (Å²) in [6, 6.07) is 10.3. The van der Waals surface area contributed by atoms with Gasteiger partial charge < -0.3 is 0 Å². The Bertz CT molecular complexity index is 697. The van der Waals surface area contributed by atoms with Gasteiger partial charge in [0.1, 0.15) is 0 Å². The molecule has 0 saturated carbocycles. The van der Waals surface area contributed by atoms with Crippen molar-refractivity contribution in [3.05, 3.63) is 47.8 Å². The largest absolute Gasteiger partial charge is 0.251 e. The topological polar surface area (TPSA) is 68.1 Å². The zero-order valence-electron chi connectivity index (χ0n) is 13.2. The van der Waals surface area contributed by atoms with Crippen molar-refractivity contribution >= 4 is 10.0 Å². The Labute approximate surface area is 131 Å². The zero-order valence-corrected chi connectivity index (χ0v) is 14.0. The Morgan fingerprint density at radius 3 is 2.59 bits per heavy atom. The van der Waals surface area contributed by atoms with Crippen LogP contribution in [0.4, 0.5) is 0 Å². The molecule has 0 aliphatic carbocycles. The number of rotatable bonds is 7. The molecule has 7 heteroatoms. The minimum atomic E-state index is -3.15. The lowest BCUT2D eigenvalue weighted by Crippen LogP contribution is -2.29. The van der Waals surface area contributed by atoms with Gasteiger partial charge >= 0.3 is 0 Å². The van der Waals surface area contributed by atoms with Gasteiger partial charge in [-0.05, 0) is 17.9 Å². The van der Waals surface area contributed by atoms with Gasteiger partial charge in [0, 0.05) is 19.8 Å². The van der Waals surface area contributed by atoms with Gasteiger partial charge in [0.15, 0.2) is 0 Å². The van der Waals surface area contributed by atoms with E-state index in [1.54, 1.807) is 11.7 Å². The molecule has 0 aliphatic heterocycles. The van der Waals surface area contributed by atoms with E-state index < -0.39 is 10.0 Å². The van der Waals surface area contributed by atoms with Crippen LogP contribution in [0.5, 0.6) is 0 Å². The average molecular weight is 322 g/mol. The molecule has 0 saturated heterocycles. The van der Waals surface area contributed by atoms with Gasteiger partial charge in [-0.15, -0.1) is 5.10 Å². The fourth-order valence-corrected chi connectivity index (χ4v) is 2.58. The van der Waals surface area contributed by atoms with E-state index in [2.05, 4.69) is 29.4 Å². The van der Waals surface area contributed by atoms with Crippen LogP contribution in [-0.4, -0.2) is 47.6 Å². The molecule has 0 spiro atoms. The first-order valence-corrected chi connectivity index (χ1v) is 9.06. The summed E-state index contributed by atoms with van der Waals surface area (Å²) in [5.41, 5.74) is 2.19. The summed E-state index contributed by atoms with van der Waals surface area (Å²) in [5, 5.41) is 8.23. The van der Waals surface area contributed by atoms with Gasteiger partial charge in [0.05, 0.1) is 18.5 Å². The number of aromatic nitrogens is 3. The predicted molar refractivity (Wildman–Crippen MR) is 86.1 cm³/mol. The van der Waals surface area contributed by atoms with Crippen LogP contribution in [0.1, 0.15) is 24.1 Å². The lowest BCUT2D eigenvalue weighted by atomic mass is 9.97. The standard InChI is InChI=1S/C15H22N4O2S/c1-13(14-7-5-4-6-8-14)11-15-12-19(17-16-15)10-9-18(2)22(3,20)21/h4-8,12-13H,9-11H2,1-3H3/t13-/m0/s1. The molecule has 1 aromatic heterocycles. The highest BCUT2D eigenvalue weighted by Crippen LogP contribution is 2.18. The second-order valence-electron chi connectivity index (χ2n) is 5.57. The third kappa shape index (κ3) is 4.64. The highest BCUT2D eigenvalue weighted by atomic mass is 32.2. The monoisotopic (exact) mass is 322 g/mol. The van der Waals surface area contributed by atoms with E-state index in [0.717, 1.165) is 12.1 Å². The summed E-state index contributed by atoms with van der Waals surface area (Å²) in [7, 11) is -1.59. The van der Waals surface area contributed by atoms with Gasteiger partial charge in [-0.1, -0.05) is 42.5 Å². The summed E-state index contributed by atoms with van der Waals surface area (Å²) in [6.45, 7) is 3.04. The SMILES string of the molecule is C[C@@H](Cc1cn(CCN(C)S(C)(=O)=O)nn1)c1ccccc1. The maximum Gasteiger partial charge on any atom is 0.211 e. The zero-order chi connectivity index (χ0) is 16.2. The molecule has 0 aliphatic rings. The minimum Gasteiger partial charge on any atom is -0.251 e. The quantitative estimate of drug-likeness (QED) is 0.775. The van der Waals surface area contributed by atoms with E-state index in [-0.39, 0.29) is 0 Å². The van der Waals surface area contributed by atoms with Crippen molar-refractivity contribution in [1.29, 1.82) is 0 Å². The number of sulfonamides is 1. The first kappa shape index (κ1) is 16.6. The number of benzene rings is 1. The fourth-order valence-electron chi connectivity index (χ4n) is 2.16. The van der Waals surface area contributed by atoms with Crippen LogP contribution in [0.25, 0.3) is 0 Å². The Morgan fingerprint density at radius 1 is 1.27 bits per heavy atom. The molecule has 0 N–H and O–H groups in total. The smallest absolute Gasteiger partial charge is 0.211 e. The lowest BCUT2D eigenvalue weighted by Gasteiger charge is -2.13. The highest BCUT2D eigenvalue weighted by molar-refractivity contribution is 7.88. The number of hydrogen-bond donors (Lipinski definition) is 0. The average Bonchev–Trinajstić information content (AvgIpc) is 2.92.